The van der Waals surface area contributed by atoms with E-state index in [1.54, 1.807) is 6.92 Å². The Balaban J connectivity index is 2.69. The van der Waals surface area contributed by atoms with Gasteiger partial charge in [-0.3, -0.25) is 4.79 Å². The van der Waals surface area contributed by atoms with Gasteiger partial charge in [0.05, 0.1) is 8.31 Å². The predicted molar refractivity (Wildman–Crippen MR) is 72.6 cm³/mol. The minimum absolute atomic E-state index is 0.199. The fourth-order valence-corrected chi connectivity index (χ4v) is 11.6. The maximum atomic E-state index is 11.5. The standard InChI is InChI=1S/C11H25NO2Si2/c1-5-12(11(2)13)10-16(4)14-8-6-7-9-15(16)3/h15H,5-10H2,1-4H3. The summed E-state index contributed by atoms with van der Waals surface area (Å²) in [6.45, 7) is 10.3. The zero-order valence-electron chi connectivity index (χ0n) is 11.1. The van der Waals surface area contributed by atoms with Crippen molar-refractivity contribution in [3.63, 3.8) is 0 Å². The summed E-state index contributed by atoms with van der Waals surface area (Å²) in [5.41, 5.74) is 0. The monoisotopic (exact) mass is 259 g/mol. The number of amides is 1. The number of nitrogens with zero attached hydrogens (tertiary/aromatic N) is 1. The molecule has 16 heavy (non-hydrogen) atoms. The van der Waals surface area contributed by atoms with E-state index in [1.807, 2.05) is 4.90 Å². The minimum atomic E-state index is -1.59. The Labute approximate surface area is 102 Å². The van der Waals surface area contributed by atoms with Gasteiger partial charge in [0, 0.05) is 26.2 Å². The summed E-state index contributed by atoms with van der Waals surface area (Å²) in [6, 6.07) is 1.40. The van der Waals surface area contributed by atoms with Gasteiger partial charge in [0.15, 0.2) is 7.83 Å². The minimum Gasteiger partial charge on any atom is -0.418 e. The summed E-state index contributed by atoms with van der Waals surface area (Å²) in [4.78, 5) is 13.5. The molecule has 0 aromatic carbocycles. The zero-order chi connectivity index (χ0) is 12.2. The van der Waals surface area contributed by atoms with Crippen LogP contribution in [-0.2, 0) is 9.22 Å². The topological polar surface area (TPSA) is 29.5 Å². The Kier molecular flexibility index (Phi) is 5.20. The van der Waals surface area contributed by atoms with Crippen molar-refractivity contribution in [2.75, 3.05) is 19.3 Å². The molecule has 0 saturated carbocycles. The van der Waals surface area contributed by atoms with Crippen LogP contribution < -0.4 is 0 Å². The Bertz CT molecular complexity index is 250. The van der Waals surface area contributed by atoms with Crippen LogP contribution in [0.25, 0.3) is 0 Å². The summed E-state index contributed by atoms with van der Waals surface area (Å²) in [5, 5.41) is 0. The van der Waals surface area contributed by atoms with Crippen molar-refractivity contribution in [2.24, 2.45) is 0 Å². The molecule has 1 heterocycles. The molecule has 0 aromatic heterocycles. The molecule has 0 spiro atoms. The average molecular weight is 259 g/mol. The van der Waals surface area contributed by atoms with Crippen molar-refractivity contribution in [1.82, 2.24) is 4.90 Å². The molecule has 3 nitrogen and oxygen atoms in total. The lowest BCUT2D eigenvalue weighted by Crippen LogP contribution is -2.58. The number of hydrogen-bond donors (Lipinski definition) is 0. The fourth-order valence-electron chi connectivity index (χ4n) is 2.33. The highest BCUT2D eigenvalue weighted by atomic mass is 29.2. The number of carbonyl (C=O) groups excluding carboxylic acids is 1. The second-order valence-electron chi connectivity index (χ2n) is 5.09. The largest absolute Gasteiger partial charge is 0.418 e. The third-order valence-corrected chi connectivity index (χ3v) is 17.2. The molecule has 1 rings (SSSR count). The number of carbonyl (C=O) groups is 1. The first-order chi connectivity index (χ1) is 7.49. The van der Waals surface area contributed by atoms with Gasteiger partial charge in [-0.1, -0.05) is 19.0 Å². The maximum absolute atomic E-state index is 11.5. The Morgan fingerprint density at radius 1 is 1.50 bits per heavy atom. The van der Waals surface area contributed by atoms with Gasteiger partial charge in [0.1, 0.15) is 0 Å². The molecule has 0 aliphatic carbocycles. The molecular formula is C11H25NO2Si2. The van der Waals surface area contributed by atoms with Crippen molar-refractivity contribution in [2.45, 2.75) is 45.8 Å². The highest BCUT2D eigenvalue weighted by Gasteiger charge is 2.39. The molecule has 5 heteroatoms. The van der Waals surface area contributed by atoms with E-state index in [0.717, 1.165) is 19.3 Å². The summed E-state index contributed by atoms with van der Waals surface area (Å²) >= 11 is 0. The fraction of sp³-hybridized carbons (Fsp3) is 0.909. The number of hydrogen-bond acceptors (Lipinski definition) is 2. The Morgan fingerprint density at radius 3 is 2.75 bits per heavy atom. The second kappa shape index (κ2) is 5.98. The quantitative estimate of drug-likeness (QED) is 0.722. The molecule has 0 aromatic rings. The third kappa shape index (κ3) is 3.43. The maximum Gasteiger partial charge on any atom is 0.219 e. The molecule has 2 atom stereocenters. The van der Waals surface area contributed by atoms with Crippen molar-refractivity contribution < 1.29 is 9.22 Å². The molecule has 0 radical (unpaired) electrons. The molecule has 0 bridgehead atoms. The Hall–Kier alpha value is -0.136. The smallest absolute Gasteiger partial charge is 0.219 e. The van der Waals surface area contributed by atoms with E-state index in [0.29, 0.717) is 0 Å². The molecule has 0 N–H and O–H groups in total. The molecule has 1 saturated heterocycles. The second-order valence-corrected chi connectivity index (χ2v) is 17.3. The van der Waals surface area contributed by atoms with Gasteiger partial charge >= 0.3 is 0 Å². The van der Waals surface area contributed by atoms with Gasteiger partial charge in [-0.25, -0.2) is 0 Å². The van der Waals surface area contributed by atoms with Gasteiger partial charge in [-0.05, 0) is 19.9 Å². The molecule has 1 aliphatic rings. The normalized spacial score (nSPS) is 30.9. The first-order valence-electron chi connectivity index (χ1n) is 6.39. The van der Waals surface area contributed by atoms with Crippen molar-refractivity contribution in [3.8, 4) is 0 Å². The van der Waals surface area contributed by atoms with E-state index < -0.39 is 16.1 Å². The van der Waals surface area contributed by atoms with E-state index >= 15 is 0 Å². The van der Waals surface area contributed by atoms with E-state index in [4.69, 9.17) is 4.43 Å². The van der Waals surface area contributed by atoms with Crippen LogP contribution in [-0.4, -0.2) is 46.3 Å². The van der Waals surface area contributed by atoms with Crippen molar-refractivity contribution in [1.29, 1.82) is 0 Å². The van der Waals surface area contributed by atoms with Gasteiger partial charge in [0.2, 0.25) is 5.91 Å². The molecule has 94 valence electrons. The third-order valence-electron chi connectivity index (χ3n) is 3.84. The number of rotatable bonds is 3. The molecule has 2 unspecified atom stereocenters. The highest BCUT2D eigenvalue weighted by molar-refractivity contribution is 7.29. The van der Waals surface area contributed by atoms with Crippen LogP contribution in [0.15, 0.2) is 0 Å². The van der Waals surface area contributed by atoms with Crippen LogP contribution in [0.4, 0.5) is 0 Å². The summed E-state index contributed by atoms with van der Waals surface area (Å²) in [5.74, 6) is 0.199. The van der Waals surface area contributed by atoms with Crippen LogP contribution in [0.5, 0.6) is 0 Å². The lowest BCUT2D eigenvalue weighted by Gasteiger charge is -2.35. The van der Waals surface area contributed by atoms with Gasteiger partial charge < -0.3 is 9.33 Å². The summed E-state index contributed by atoms with van der Waals surface area (Å²) in [7, 11) is -2.35. The van der Waals surface area contributed by atoms with Gasteiger partial charge in [0.25, 0.3) is 0 Å². The molecule has 1 amide bonds. The SMILES string of the molecule is CCN(C[Si]1(C)OCCCC[SiH]1C)C(C)=O. The van der Waals surface area contributed by atoms with Crippen LogP contribution in [0, 0.1) is 0 Å². The molecule has 1 fully saturated rings. The lowest BCUT2D eigenvalue weighted by atomic mass is 10.4. The van der Waals surface area contributed by atoms with Gasteiger partial charge in [-0.15, -0.1) is 0 Å². The van der Waals surface area contributed by atoms with Crippen LogP contribution in [0.1, 0.15) is 26.7 Å². The Morgan fingerprint density at radius 2 is 2.19 bits per heavy atom. The van der Waals surface area contributed by atoms with Gasteiger partial charge in [-0.2, -0.15) is 0 Å². The lowest BCUT2D eigenvalue weighted by molar-refractivity contribution is -0.128. The summed E-state index contributed by atoms with van der Waals surface area (Å²) < 4.78 is 6.19. The van der Waals surface area contributed by atoms with Crippen LogP contribution >= 0.6 is 0 Å². The van der Waals surface area contributed by atoms with Crippen molar-refractivity contribution >= 4 is 22.1 Å². The van der Waals surface area contributed by atoms with Crippen molar-refractivity contribution in [3.05, 3.63) is 0 Å². The van der Waals surface area contributed by atoms with E-state index in [1.165, 1.54) is 18.9 Å². The van der Waals surface area contributed by atoms with Crippen LogP contribution in [0.3, 0.4) is 0 Å². The molecule has 1 aliphatic heterocycles. The first-order valence-corrected chi connectivity index (χ1v) is 12.8. The highest BCUT2D eigenvalue weighted by Crippen LogP contribution is 2.21. The van der Waals surface area contributed by atoms with E-state index in [-0.39, 0.29) is 5.91 Å². The average Bonchev–Trinajstić information content (AvgIpc) is 2.39. The first kappa shape index (κ1) is 13.9. The van der Waals surface area contributed by atoms with Crippen LogP contribution in [0.2, 0.25) is 19.1 Å². The van der Waals surface area contributed by atoms with E-state index in [2.05, 4.69) is 20.0 Å². The van der Waals surface area contributed by atoms with E-state index in [9.17, 15) is 4.79 Å². The zero-order valence-corrected chi connectivity index (χ0v) is 13.2. The summed E-state index contributed by atoms with van der Waals surface area (Å²) in [6.07, 6.45) is 3.47. The molecular weight excluding hydrogens is 234 g/mol. The predicted octanol–water partition coefficient (Wildman–Crippen LogP) is 1.71.